The molecule has 0 aromatic carbocycles. The lowest BCUT2D eigenvalue weighted by Gasteiger charge is -2.55. The van der Waals surface area contributed by atoms with E-state index in [2.05, 4.69) is 27.8 Å². The fourth-order valence-corrected chi connectivity index (χ4v) is 5.98. The number of pyridine rings is 1. The SMILES string of the molecule is Cc1nc(C)c(-c2cc3c(c(N4CC5(COC5)C4)n2)C(=O)N([C@@H](C)C2CC2)C3)s1. The first-order chi connectivity index (χ1) is 13.9. The Balaban J connectivity index is 1.42. The summed E-state index contributed by atoms with van der Waals surface area (Å²) in [5.74, 6) is 1.70. The Hall–Kier alpha value is -1.99. The normalized spacial score (nSPS) is 23.2. The summed E-state index contributed by atoms with van der Waals surface area (Å²) in [7, 11) is 0. The average molecular weight is 411 g/mol. The summed E-state index contributed by atoms with van der Waals surface area (Å²) in [6.07, 6.45) is 2.48. The van der Waals surface area contributed by atoms with Crippen LogP contribution in [0.2, 0.25) is 0 Å². The van der Waals surface area contributed by atoms with Gasteiger partial charge < -0.3 is 14.5 Å². The Kier molecular flexibility index (Phi) is 3.70. The molecule has 0 N–H and O–H groups in total. The molecule has 3 fully saturated rings. The van der Waals surface area contributed by atoms with Gasteiger partial charge in [-0.2, -0.15) is 0 Å². The summed E-state index contributed by atoms with van der Waals surface area (Å²) in [5, 5.41) is 1.05. The molecule has 3 aliphatic heterocycles. The lowest BCUT2D eigenvalue weighted by atomic mass is 9.78. The van der Waals surface area contributed by atoms with E-state index in [4.69, 9.17) is 9.72 Å². The van der Waals surface area contributed by atoms with Gasteiger partial charge in [-0.05, 0) is 51.2 Å². The fraction of sp³-hybridized carbons (Fsp3) is 0.591. The topological polar surface area (TPSA) is 58.6 Å². The van der Waals surface area contributed by atoms with E-state index in [9.17, 15) is 4.79 Å². The molecule has 1 amide bonds. The van der Waals surface area contributed by atoms with Crippen LogP contribution in [0.25, 0.3) is 10.6 Å². The van der Waals surface area contributed by atoms with Gasteiger partial charge in [-0.3, -0.25) is 4.79 Å². The number of fused-ring (bicyclic) bond motifs is 1. The smallest absolute Gasteiger partial charge is 0.258 e. The maximum Gasteiger partial charge on any atom is 0.258 e. The number of carbonyl (C=O) groups is 1. The van der Waals surface area contributed by atoms with Crippen LogP contribution in [-0.2, 0) is 11.3 Å². The second-order valence-electron chi connectivity index (χ2n) is 9.37. The molecule has 6 rings (SSSR count). The second-order valence-corrected chi connectivity index (χ2v) is 10.6. The van der Waals surface area contributed by atoms with Gasteiger partial charge in [-0.25, -0.2) is 9.97 Å². The maximum absolute atomic E-state index is 13.4. The highest BCUT2D eigenvalue weighted by molar-refractivity contribution is 7.15. The number of thiazole rings is 1. The molecule has 2 aromatic rings. The number of carbonyl (C=O) groups excluding carboxylic acids is 1. The van der Waals surface area contributed by atoms with Crippen LogP contribution >= 0.6 is 11.3 Å². The van der Waals surface area contributed by atoms with Gasteiger partial charge >= 0.3 is 0 Å². The number of hydrogen-bond donors (Lipinski definition) is 0. The minimum atomic E-state index is 0.163. The van der Waals surface area contributed by atoms with Crippen molar-refractivity contribution in [1.82, 2.24) is 14.9 Å². The molecule has 1 spiro atoms. The van der Waals surface area contributed by atoms with Crippen LogP contribution < -0.4 is 4.90 Å². The summed E-state index contributed by atoms with van der Waals surface area (Å²) < 4.78 is 5.44. The van der Waals surface area contributed by atoms with Crippen molar-refractivity contribution in [2.24, 2.45) is 11.3 Å². The van der Waals surface area contributed by atoms with E-state index in [1.165, 1.54) is 12.8 Å². The number of hydrogen-bond acceptors (Lipinski definition) is 6. The van der Waals surface area contributed by atoms with E-state index >= 15 is 0 Å². The highest BCUT2D eigenvalue weighted by Crippen LogP contribution is 2.45. The molecule has 0 radical (unpaired) electrons. The van der Waals surface area contributed by atoms with E-state index in [0.29, 0.717) is 18.5 Å². The predicted octanol–water partition coefficient (Wildman–Crippen LogP) is 3.41. The summed E-state index contributed by atoms with van der Waals surface area (Å²) in [6.45, 7) is 10.5. The number of nitrogens with zero attached hydrogens (tertiary/aromatic N) is 4. The van der Waals surface area contributed by atoms with Crippen molar-refractivity contribution >= 4 is 23.1 Å². The van der Waals surface area contributed by atoms with Crippen LogP contribution in [0.5, 0.6) is 0 Å². The van der Waals surface area contributed by atoms with Crippen LogP contribution in [0, 0.1) is 25.2 Å². The first-order valence-electron chi connectivity index (χ1n) is 10.6. The molecule has 1 aliphatic carbocycles. The van der Waals surface area contributed by atoms with E-state index in [0.717, 1.165) is 64.5 Å². The third-order valence-corrected chi connectivity index (χ3v) is 8.09. The van der Waals surface area contributed by atoms with Crippen molar-refractivity contribution in [3.63, 3.8) is 0 Å². The van der Waals surface area contributed by atoms with E-state index in [-0.39, 0.29) is 11.3 Å². The number of ether oxygens (including phenoxy) is 1. The van der Waals surface area contributed by atoms with Gasteiger partial charge in [0, 0.05) is 25.7 Å². The quantitative estimate of drug-likeness (QED) is 0.773. The molecule has 0 unspecified atom stereocenters. The molecular formula is C22H26N4O2S. The number of amides is 1. The molecular weight excluding hydrogens is 384 g/mol. The Morgan fingerprint density at radius 3 is 2.59 bits per heavy atom. The van der Waals surface area contributed by atoms with Gasteiger partial charge in [0.25, 0.3) is 5.91 Å². The molecule has 5 heterocycles. The zero-order valence-electron chi connectivity index (χ0n) is 17.2. The second kappa shape index (κ2) is 6.01. The molecule has 7 heteroatoms. The van der Waals surface area contributed by atoms with Crippen LogP contribution in [0.15, 0.2) is 6.07 Å². The minimum Gasteiger partial charge on any atom is -0.380 e. The van der Waals surface area contributed by atoms with Gasteiger partial charge in [-0.1, -0.05) is 0 Å². The van der Waals surface area contributed by atoms with E-state index in [1.54, 1.807) is 11.3 Å². The van der Waals surface area contributed by atoms with E-state index < -0.39 is 0 Å². The summed E-state index contributed by atoms with van der Waals surface area (Å²) >= 11 is 1.69. The molecule has 29 heavy (non-hydrogen) atoms. The lowest BCUT2D eigenvalue weighted by molar-refractivity contribution is -0.127. The summed E-state index contributed by atoms with van der Waals surface area (Å²) in [4.78, 5) is 28.6. The van der Waals surface area contributed by atoms with Crippen molar-refractivity contribution < 1.29 is 9.53 Å². The first-order valence-corrected chi connectivity index (χ1v) is 11.4. The Morgan fingerprint density at radius 1 is 1.24 bits per heavy atom. The van der Waals surface area contributed by atoms with Crippen molar-refractivity contribution in [3.05, 3.63) is 27.9 Å². The zero-order valence-corrected chi connectivity index (χ0v) is 18.0. The highest BCUT2D eigenvalue weighted by atomic mass is 32.1. The Labute approximate surface area is 174 Å². The Morgan fingerprint density at radius 2 is 2.00 bits per heavy atom. The summed E-state index contributed by atoms with van der Waals surface area (Å²) in [5.41, 5.74) is 4.21. The number of aromatic nitrogens is 2. The molecule has 6 nitrogen and oxygen atoms in total. The molecule has 4 aliphatic rings. The molecule has 2 aromatic heterocycles. The van der Waals surface area contributed by atoms with Gasteiger partial charge in [-0.15, -0.1) is 11.3 Å². The molecule has 0 bridgehead atoms. The van der Waals surface area contributed by atoms with Crippen LogP contribution in [0.3, 0.4) is 0 Å². The number of anilines is 1. The van der Waals surface area contributed by atoms with Crippen molar-refractivity contribution in [1.29, 1.82) is 0 Å². The molecule has 152 valence electrons. The molecule has 1 saturated carbocycles. The largest absolute Gasteiger partial charge is 0.380 e. The van der Waals surface area contributed by atoms with Gasteiger partial charge in [0.1, 0.15) is 5.82 Å². The van der Waals surface area contributed by atoms with Gasteiger partial charge in [0.2, 0.25) is 0 Å². The monoisotopic (exact) mass is 410 g/mol. The van der Waals surface area contributed by atoms with Crippen LogP contribution in [-0.4, -0.2) is 53.1 Å². The van der Waals surface area contributed by atoms with Crippen molar-refractivity contribution in [2.45, 2.75) is 46.2 Å². The first kappa shape index (κ1) is 17.8. The van der Waals surface area contributed by atoms with E-state index in [1.807, 2.05) is 13.8 Å². The number of aryl methyl sites for hydroxylation is 2. The van der Waals surface area contributed by atoms with Crippen LogP contribution in [0.1, 0.15) is 46.4 Å². The van der Waals surface area contributed by atoms with Crippen LogP contribution in [0.4, 0.5) is 5.82 Å². The predicted molar refractivity (Wildman–Crippen MR) is 112 cm³/mol. The fourth-order valence-electron chi connectivity index (χ4n) is 5.10. The average Bonchev–Trinajstić information content (AvgIpc) is 3.33. The third kappa shape index (κ3) is 2.66. The minimum absolute atomic E-state index is 0.163. The van der Waals surface area contributed by atoms with Gasteiger partial charge in [0.15, 0.2) is 0 Å². The van der Waals surface area contributed by atoms with Gasteiger partial charge in [0.05, 0.1) is 45.5 Å². The zero-order chi connectivity index (χ0) is 19.9. The van der Waals surface area contributed by atoms with Crippen molar-refractivity contribution in [2.75, 3.05) is 31.2 Å². The maximum atomic E-state index is 13.4. The molecule has 1 atom stereocenters. The molecule has 2 saturated heterocycles. The highest BCUT2D eigenvalue weighted by Gasteiger charge is 2.51. The standard InChI is InChI=1S/C22H26N4O2S/c1-12-19(29-14(3)23-12)17-6-16-7-26(13(2)15-4-5-15)21(27)18(16)20(24-17)25-8-22(9-25)10-28-11-22/h6,13,15H,4-5,7-11H2,1-3H3/t13-/m0/s1. The lowest BCUT2D eigenvalue weighted by Crippen LogP contribution is -2.66. The summed E-state index contributed by atoms with van der Waals surface area (Å²) in [6, 6.07) is 2.44. The third-order valence-electron chi connectivity index (χ3n) is 7.00. The van der Waals surface area contributed by atoms with Crippen molar-refractivity contribution in [3.8, 4) is 10.6 Å². The Bertz CT molecular complexity index is 1020. The number of rotatable bonds is 4.